The number of aliphatic carboxylic acids is 1. The van der Waals surface area contributed by atoms with Gasteiger partial charge in [-0.25, -0.2) is 0 Å². The molecule has 1 atom stereocenters. The quantitative estimate of drug-likeness (QED) is 0.657. The van der Waals surface area contributed by atoms with Crippen molar-refractivity contribution in [3.63, 3.8) is 0 Å². The number of hydrogen-bond donors (Lipinski definition) is 1. The second-order valence-corrected chi connectivity index (χ2v) is 5.37. The summed E-state index contributed by atoms with van der Waals surface area (Å²) >= 11 is 3.35. The van der Waals surface area contributed by atoms with Crippen molar-refractivity contribution in [1.29, 1.82) is 0 Å². The highest BCUT2D eigenvalue weighted by molar-refractivity contribution is 9.10. The zero-order valence-corrected chi connectivity index (χ0v) is 12.6. The van der Waals surface area contributed by atoms with Gasteiger partial charge in [0.05, 0.1) is 4.92 Å². The number of aromatic nitrogens is 2. The second-order valence-electron chi connectivity index (χ2n) is 4.52. The number of hydrogen-bond acceptors (Lipinski definition) is 4. The summed E-state index contributed by atoms with van der Waals surface area (Å²) in [6.45, 7) is 0. The van der Waals surface area contributed by atoms with E-state index in [0.717, 1.165) is 10.0 Å². The van der Waals surface area contributed by atoms with Crippen molar-refractivity contribution in [2.75, 3.05) is 0 Å². The summed E-state index contributed by atoms with van der Waals surface area (Å²) in [6.07, 6.45) is 1.33. The number of rotatable bonds is 5. The molecule has 0 aliphatic heterocycles. The number of aryl methyl sites for hydroxylation is 1. The lowest BCUT2D eigenvalue weighted by atomic mass is 9.95. The van der Waals surface area contributed by atoms with Crippen LogP contribution >= 0.6 is 15.9 Å². The average Bonchev–Trinajstić information content (AvgIpc) is 2.79. The number of halogens is 1. The normalized spacial score (nSPS) is 12.1. The Bertz CT molecular complexity index is 698. The SMILES string of the molecule is Cn1cc([N+](=O)[O-])c(C(Cc2ccccc2Br)C(=O)O)n1. The van der Waals surface area contributed by atoms with Crippen LogP contribution in [0.4, 0.5) is 5.69 Å². The lowest BCUT2D eigenvalue weighted by molar-refractivity contribution is -0.385. The van der Waals surface area contributed by atoms with Crippen molar-refractivity contribution < 1.29 is 14.8 Å². The monoisotopic (exact) mass is 353 g/mol. The van der Waals surface area contributed by atoms with Crippen LogP contribution in [-0.4, -0.2) is 25.8 Å². The molecular weight excluding hydrogens is 342 g/mol. The van der Waals surface area contributed by atoms with Crippen molar-refractivity contribution in [3.8, 4) is 0 Å². The third-order valence-electron chi connectivity index (χ3n) is 3.04. The average molecular weight is 354 g/mol. The molecule has 0 fully saturated rings. The molecule has 1 unspecified atom stereocenters. The predicted octanol–water partition coefficient (Wildman–Crippen LogP) is 2.50. The van der Waals surface area contributed by atoms with Crippen LogP contribution in [0.25, 0.3) is 0 Å². The molecule has 0 bridgehead atoms. The Morgan fingerprint density at radius 3 is 2.76 bits per heavy atom. The summed E-state index contributed by atoms with van der Waals surface area (Å²) in [5.41, 5.74) is 0.438. The number of benzene rings is 1. The summed E-state index contributed by atoms with van der Waals surface area (Å²) < 4.78 is 2.01. The van der Waals surface area contributed by atoms with Crippen molar-refractivity contribution in [2.24, 2.45) is 7.05 Å². The van der Waals surface area contributed by atoms with Gasteiger partial charge in [-0.2, -0.15) is 5.10 Å². The van der Waals surface area contributed by atoms with Gasteiger partial charge >= 0.3 is 11.7 Å². The van der Waals surface area contributed by atoms with Gasteiger partial charge in [0.15, 0.2) is 5.69 Å². The predicted molar refractivity (Wildman–Crippen MR) is 78.1 cm³/mol. The maximum atomic E-state index is 11.5. The standard InChI is InChI=1S/C13H12BrN3O4/c1-16-7-11(17(20)21)12(15-16)9(13(18)19)6-8-4-2-3-5-10(8)14/h2-5,7,9H,6H2,1H3,(H,18,19). The van der Waals surface area contributed by atoms with Crippen LogP contribution in [0, 0.1) is 10.1 Å². The van der Waals surface area contributed by atoms with Crippen LogP contribution in [0.5, 0.6) is 0 Å². The Morgan fingerprint density at radius 1 is 1.52 bits per heavy atom. The van der Waals surface area contributed by atoms with Crippen LogP contribution in [-0.2, 0) is 18.3 Å². The summed E-state index contributed by atoms with van der Waals surface area (Å²) in [6, 6.07) is 7.16. The fraction of sp³-hybridized carbons (Fsp3) is 0.231. The van der Waals surface area contributed by atoms with E-state index in [0.29, 0.717) is 0 Å². The molecule has 0 radical (unpaired) electrons. The number of carboxylic acids is 1. The van der Waals surface area contributed by atoms with Gasteiger partial charge in [-0.1, -0.05) is 34.1 Å². The molecule has 110 valence electrons. The van der Waals surface area contributed by atoms with Gasteiger partial charge in [0.1, 0.15) is 12.1 Å². The highest BCUT2D eigenvalue weighted by Gasteiger charge is 2.32. The molecule has 7 nitrogen and oxygen atoms in total. The first-order valence-corrected chi connectivity index (χ1v) is 6.83. The molecule has 8 heteroatoms. The van der Waals surface area contributed by atoms with E-state index >= 15 is 0 Å². The molecule has 1 aromatic heterocycles. The Morgan fingerprint density at radius 2 is 2.19 bits per heavy atom. The third kappa shape index (κ3) is 3.27. The van der Waals surface area contributed by atoms with E-state index in [1.54, 1.807) is 18.2 Å². The van der Waals surface area contributed by atoms with Crippen LogP contribution in [0.3, 0.4) is 0 Å². The third-order valence-corrected chi connectivity index (χ3v) is 3.82. The molecule has 0 amide bonds. The highest BCUT2D eigenvalue weighted by atomic mass is 79.9. The van der Waals surface area contributed by atoms with Crippen molar-refractivity contribution in [3.05, 3.63) is 56.3 Å². The van der Waals surface area contributed by atoms with Gasteiger partial charge in [0.2, 0.25) is 0 Å². The van der Waals surface area contributed by atoms with Crippen LogP contribution in [0.1, 0.15) is 17.2 Å². The molecule has 0 aliphatic carbocycles. The van der Waals surface area contributed by atoms with Crippen LogP contribution in [0.2, 0.25) is 0 Å². The van der Waals surface area contributed by atoms with Gasteiger partial charge < -0.3 is 5.11 Å². The zero-order chi connectivity index (χ0) is 15.6. The molecule has 21 heavy (non-hydrogen) atoms. The van der Waals surface area contributed by atoms with Crippen LogP contribution < -0.4 is 0 Å². The van der Waals surface area contributed by atoms with Gasteiger partial charge in [-0.3, -0.25) is 19.6 Å². The molecule has 1 aromatic carbocycles. The topological polar surface area (TPSA) is 98.3 Å². The zero-order valence-electron chi connectivity index (χ0n) is 11.1. The van der Waals surface area contributed by atoms with Gasteiger partial charge in [-0.05, 0) is 18.1 Å². The molecule has 0 saturated heterocycles. The van der Waals surface area contributed by atoms with Crippen molar-refractivity contribution >= 4 is 27.6 Å². The van der Waals surface area contributed by atoms with Gasteiger partial charge in [0, 0.05) is 11.5 Å². The molecule has 0 saturated carbocycles. The van der Waals surface area contributed by atoms with E-state index in [1.807, 2.05) is 6.07 Å². The molecule has 1 N–H and O–H groups in total. The fourth-order valence-corrected chi connectivity index (χ4v) is 2.51. The van der Waals surface area contributed by atoms with Crippen molar-refractivity contribution in [1.82, 2.24) is 9.78 Å². The Kier molecular flexibility index (Phi) is 4.37. The Labute approximate surface area is 128 Å². The molecule has 1 heterocycles. The van der Waals surface area contributed by atoms with E-state index in [1.165, 1.54) is 17.9 Å². The van der Waals surface area contributed by atoms with E-state index in [2.05, 4.69) is 21.0 Å². The molecule has 2 rings (SSSR count). The number of carboxylic acid groups (broad SMARTS) is 1. The number of nitrogens with zero attached hydrogens (tertiary/aromatic N) is 3. The molecule has 2 aromatic rings. The molecule has 0 spiro atoms. The highest BCUT2D eigenvalue weighted by Crippen LogP contribution is 2.30. The molecule has 0 aliphatic rings. The van der Waals surface area contributed by atoms with E-state index < -0.39 is 16.8 Å². The minimum Gasteiger partial charge on any atom is -0.481 e. The van der Waals surface area contributed by atoms with E-state index in [4.69, 9.17) is 0 Å². The smallest absolute Gasteiger partial charge is 0.313 e. The van der Waals surface area contributed by atoms with Crippen molar-refractivity contribution in [2.45, 2.75) is 12.3 Å². The minimum atomic E-state index is -1.15. The Balaban J connectivity index is 2.43. The summed E-state index contributed by atoms with van der Waals surface area (Å²) in [4.78, 5) is 21.9. The lowest BCUT2D eigenvalue weighted by Gasteiger charge is -2.11. The summed E-state index contributed by atoms with van der Waals surface area (Å²) in [7, 11) is 1.52. The first-order chi connectivity index (χ1) is 9.90. The largest absolute Gasteiger partial charge is 0.481 e. The number of carbonyl (C=O) groups is 1. The first-order valence-electron chi connectivity index (χ1n) is 6.04. The lowest BCUT2D eigenvalue weighted by Crippen LogP contribution is -2.17. The van der Waals surface area contributed by atoms with Crippen LogP contribution in [0.15, 0.2) is 34.9 Å². The number of nitro groups is 1. The Hall–Kier alpha value is -2.22. The van der Waals surface area contributed by atoms with E-state index in [9.17, 15) is 20.0 Å². The summed E-state index contributed by atoms with van der Waals surface area (Å²) in [5, 5.41) is 24.4. The van der Waals surface area contributed by atoms with E-state index in [-0.39, 0.29) is 17.8 Å². The second kappa shape index (κ2) is 6.04. The fourth-order valence-electron chi connectivity index (χ4n) is 2.07. The maximum Gasteiger partial charge on any atom is 0.313 e. The molecular formula is C13H12BrN3O4. The minimum absolute atomic E-state index is 0.0363. The first kappa shape index (κ1) is 15.2. The van der Waals surface area contributed by atoms with Gasteiger partial charge in [0.25, 0.3) is 0 Å². The van der Waals surface area contributed by atoms with Gasteiger partial charge in [-0.15, -0.1) is 0 Å². The maximum absolute atomic E-state index is 11.5. The summed E-state index contributed by atoms with van der Waals surface area (Å²) in [5.74, 6) is -2.22.